The van der Waals surface area contributed by atoms with Crippen LogP contribution in [0.1, 0.15) is 66.9 Å². The first-order valence-electron chi connectivity index (χ1n) is 12.1. The van der Waals surface area contributed by atoms with Crippen LogP contribution >= 0.6 is 22.7 Å². The minimum absolute atomic E-state index is 0.0350. The predicted octanol–water partition coefficient (Wildman–Crippen LogP) is 5.93. The van der Waals surface area contributed by atoms with Crippen LogP contribution in [0.4, 0.5) is 0 Å². The lowest BCUT2D eigenvalue weighted by Gasteiger charge is -2.62. The number of hydrogen-bond donors (Lipinski definition) is 2. The van der Waals surface area contributed by atoms with E-state index in [9.17, 15) is 18.0 Å². The number of rotatable bonds is 10. The summed E-state index contributed by atoms with van der Waals surface area (Å²) in [6, 6.07) is 4.84. The summed E-state index contributed by atoms with van der Waals surface area (Å²) in [5.74, 6) is 0.389. The van der Waals surface area contributed by atoms with Crippen molar-refractivity contribution < 1.29 is 23.1 Å². The molecule has 3 aliphatic rings. The Hall–Kier alpha value is -1.97. The van der Waals surface area contributed by atoms with E-state index in [4.69, 9.17) is 5.11 Å². The Morgan fingerprint density at radius 2 is 2.00 bits per heavy atom. The number of fused-ring (bicyclic) bond motifs is 2. The molecule has 0 spiro atoms. The second kappa shape index (κ2) is 10.2. The fourth-order valence-electron chi connectivity index (χ4n) is 5.61. The van der Waals surface area contributed by atoms with Crippen molar-refractivity contribution in [3.05, 3.63) is 45.5 Å². The molecule has 1 amide bonds. The van der Waals surface area contributed by atoms with Crippen molar-refractivity contribution in [3.8, 4) is 0 Å². The highest BCUT2D eigenvalue weighted by atomic mass is 32.2. The molecule has 2 aromatic heterocycles. The van der Waals surface area contributed by atoms with Crippen molar-refractivity contribution >= 4 is 44.4 Å². The molecule has 0 aromatic carbocycles. The maximum Gasteiger partial charge on any atom is 0.303 e. The van der Waals surface area contributed by atoms with E-state index in [-0.39, 0.29) is 32.9 Å². The fourth-order valence-corrected chi connectivity index (χ4v) is 9.35. The Kier molecular flexibility index (Phi) is 7.60. The van der Waals surface area contributed by atoms with Crippen molar-refractivity contribution in [2.24, 2.45) is 23.2 Å². The van der Waals surface area contributed by atoms with Crippen molar-refractivity contribution in [3.63, 3.8) is 0 Å². The van der Waals surface area contributed by atoms with Gasteiger partial charge in [-0.2, -0.15) is 0 Å². The van der Waals surface area contributed by atoms with E-state index >= 15 is 0 Å². The number of allylic oxidation sites excluding steroid dienone is 2. The number of carboxylic acids is 1. The molecule has 6 nitrogen and oxygen atoms in total. The molecule has 35 heavy (non-hydrogen) atoms. The number of carbonyl (C=O) groups excluding carboxylic acids is 1. The number of amides is 1. The molecule has 3 fully saturated rings. The number of carboxylic acid groups (broad SMARTS) is 1. The molecule has 0 radical (unpaired) electrons. The number of aryl methyl sites for hydroxylation is 1. The zero-order chi connectivity index (χ0) is 25.4. The van der Waals surface area contributed by atoms with E-state index in [0.717, 1.165) is 41.9 Å². The molecule has 190 valence electrons. The van der Waals surface area contributed by atoms with Gasteiger partial charge in [-0.1, -0.05) is 26.0 Å². The largest absolute Gasteiger partial charge is 0.481 e. The van der Waals surface area contributed by atoms with E-state index in [0.29, 0.717) is 29.1 Å². The van der Waals surface area contributed by atoms with Gasteiger partial charge >= 0.3 is 5.97 Å². The maximum atomic E-state index is 13.2. The number of carbonyl (C=O) groups is 2. The lowest BCUT2D eigenvalue weighted by molar-refractivity contribution is -0.137. The summed E-state index contributed by atoms with van der Waals surface area (Å²) in [7, 11) is -3.62. The number of unbranched alkanes of at least 4 members (excludes halogenated alkanes) is 1. The van der Waals surface area contributed by atoms with E-state index < -0.39 is 15.8 Å². The quantitative estimate of drug-likeness (QED) is 0.290. The zero-order valence-electron chi connectivity index (χ0n) is 20.3. The second-order valence-corrected chi connectivity index (χ2v) is 14.7. The lowest BCUT2D eigenvalue weighted by atomic mass is 9.44. The van der Waals surface area contributed by atoms with Gasteiger partial charge in [-0.05, 0) is 80.4 Å². The highest BCUT2D eigenvalue weighted by Crippen LogP contribution is 2.61. The van der Waals surface area contributed by atoms with Crippen LogP contribution in [0.3, 0.4) is 0 Å². The molecule has 2 N–H and O–H groups in total. The molecule has 2 aromatic rings. The molecule has 3 aliphatic carbocycles. The summed E-state index contributed by atoms with van der Waals surface area (Å²) in [5.41, 5.74) is 0.181. The summed E-state index contributed by atoms with van der Waals surface area (Å²) >= 11 is 2.42. The minimum Gasteiger partial charge on any atom is -0.481 e. The molecule has 5 rings (SSSR count). The smallest absolute Gasteiger partial charge is 0.303 e. The normalized spacial score (nSPS) is 25.3. The van der Waals surface area contributed by atoms with Crippen LogP contribution in [0.2, 0.25) is 0 Å². The summed E-state index contributed by atoms with van der Waals surface area (Å²) in [5, 5.41) is 13.7. The van der Waals surface area contributed by atoms with Gasteiger partial charge in [0.2, 0.25) is 9.84 Å². The third-order valence-corrected chi connectivity index (χ3v) is 12.1. The average molecular weight is 536 g/mol. The molecule has 2 bridgehead atoms. The monoisotopic (exact) mass is 535 g/mol. The first-order valence-corrected chi connectivity index (χ1v) is 15.3. The number of nitrogens with one attached hydrogen (secondary N) is 1. The van der Waals surface area contributed by atoms with Crippen LogP contribution in [0, 0.1) is 30.1 Å². The van der Waals surface area contributed by atoms with E-state index in [2.05, 4.69) is 31.3 Å². The van der Waals surface area contributed by atoms with Crippen molar-refractivity contribution in [1.29, 1.82) is 0 Å². The van der Waals surface area contributed by atoms with Crippen molar-refractivity contribution in [1.82, 2.24) is 5.32 Å². The number of aliphatic carboxylic acids is 1. The summed E-state index contributed by atoms with van der Waals surface area (Å²) < 4.78 is 26.1. The zero-order valence-corrected chi connectivity index (χ0v) is 22.8. The minimum atomic E-state index is -3.62. The van der Waals surface area contributed by atoms with Crippen LogP contribution in [0.5, 0.6) is 0 Å². The fraction of sp³-hybridized carbons (Fsp3) is 0.538. The molecule has 9 heteroatoms. The Morgan fingerprint density at radius 3 is 2.66 bits per heavy atom. The molecule has 2 heterocycles. The molecule has 0 aliphatic heterocycles. The van der Waals surface area contributed by atoms with E-state index in [1.165, 1.54) is 17.4 Å². The van der Waals surface area contributed by atoms with Gasteiger partial charge < -0.3 is 10.4 Å². The van der Waals surface area contributed by atoms with Gasteiger partial charge in [-0.25, -0.2) is 8.42 Å². The van der Waals surface area contributed by atoms with E-state index in [1.807, 2.05) is 6.92 Å². The van der Waals surface area contributed by atoms with Gasteiger partial charge in [-0.15, -0.1) is 22.7 Å². The summed E-state index contributed by atoms with van der Waals surface area (Å²) in [4.78, 5) is 25.5. The van der Waals surface area contributed by atoms with Crippen LogP contribution in [0.25, 0.3) is 0 Å². The SMILES string of the molecule is Cc1cc(S(=O)(=O)c2ccc(C(=O)NC3C(CC=CCCCC(=O)O)CC4CC3C4(C)C)s2)cs1. The molecule has 3 saturated carbocycles. The third-order valence-electron chi connectivity index (χ3n) is 7.83. The Morgan fingerprint density at radius 1 is 1.23 bits per heavy atom. The van der Waals surface area contributed by atoms with Crippen molar-refractivity contribution in [2.75, 3.05) is 0 Å². The van der Waals surface area contributed by atoms with E-state index in [1.54, 1.807) is 17.5 Å². The standard InChI is InChI=1S/C26H33NO5S3/c1-16-12-19(15-33-16)35(31,32)23-11-10-21(34-23)25(30)27-24-17(8-6-4-5-7-9-22(28)29)13-18-14-20(24)26(18,2)3/h4,6,10-12,15,17-18,20,24H,5,7-9,13-14H2,1-3H3,(H,27,30)(H,28,29). The number of hydrogen-bond acceptors (Lipinski definition) is 6. The van der Waals surface area contributed by atoms with Gasteiger partial charge in [0, 0.05) is 22.7 Å². The van der Waals surface area contributed by atoms with Crippen LogP contribution < -0.4 is 5.32 Å². The molecule has 4 unspecified atom stereocenters. The second-order valence-electron chi connectivity index (χ2n) is 10.4. The third kappa shape index (κ3) is 5.42. The van der Waals surface area contributed by atoms with Crippen LogP contribution in [-0.4, -0.2) is 31.4 Å². The van der Waals surface area contributed by atoms with Crippen molar-refractivity contribution in [2.45, 2.75) is 74.4 Å². The predicted molar refractivity (Wildman–Crippen MR) is 139 cm³/mol. The van der Waals surface area contributed by atoms with Gasteiger partial charge in [0.15, 0.2) is 0 Å². The van der Waals surface area contributed by atoms with Gasteiger partial charge in [0.25, 0.3) is 5.91 Å². The Balaban J connectivity index is 1.44. The highest BCUT2D eigenvalue weighted by Gasteiger charge is 2.57. The molecule has 0 saturated heterocycles. The van der Waals surface area contributed by atoms with Gasteiger partial charge in [-0.3, -0.25) is 9.59 Å². The lowest BCUT2D eigenvalue weighted by Crippen LogP contribution is -2.63. The number of sulfone groups is 1. The Bertz CT molecular complexity index is 1220. The van der Waals surface area contributed by atoms with Crippen LogP contribution in [-0.2, 0) is 14.6 Å². The van der Waals surface area contributed by atoms with Gasteiger partial charge in [0.05, 0.1) is 9.77 Å². The summed E-state index contributed by atoms with van der Waals surface area (Å²) in [6.07, 6.45) is 8.73. The average Bonchev–Trinajstić information content (AvgIpc) is 3.46. The van der Waals surface area contributed by atoms with Crippen LogP contribution in [0.15, 0.2) is 44.8 Å². The molecular weight excluding hydrogens is 502 g/mol. The first-order chi connectivity index (χ1) is 16.5. The highest BCUT2D eigenvalue weighted by molar-refractivity contribution is 7.93. The maximum absolute atomic E-state index is 13.2. The Labute approximate surface area is 215 Å². The molecule has 4 atom stereocenters. The number of thiophene rings is 2. The molecular formula is C26H33NO5S3. The van der Waals surface area contributed by atoms with Gasteiger partial charge in [0.1, 0.15) is 4.21 Å². The first kappa shape index (κ1) is 26.1. The summed E-state index contributed by atoms with van der Waals surface area (Å²) in [6.45, 7) is 6.43. The topological polar surface area (TPSA) is 101 Å².